The highest BCUT2D eigenvalue weighted by molar-refractivity contribution is 4.90. The second kappa shape index (κ2) is 4.78. The van der Waals surface area contributed by atoms with E-state index >= 15 is 0 Å². The molecule has 0 spiro atoms. The number of nitrogens with two attached hydrogens (primary N) is 1. The van der Waals surface area contributed by atoms with Crippen molar-refractivity contribution in [2.45, 2.75) is 18.9 Å². The molecule has 4 nitrogen and oxygen atoms in total. The maximum Gasteiger partial charge on any atom is 0.0594 e. The van der Waals surface area contributed by atoms with E-state index in [9.17, 15) is 0 Å². The smallest absolute Gasteiger partial charge is 0.0594 e. The van der Waals surface area contributed by atoms with Crippen molar-refractivity contribution in [1.82, 2.24) is 9.80 Å². The van der Waals surface area contributed by atoms with E-state index in [0.717, 1.165) is 52.4 Å². The minimum absolute atomic E-state index is 0.0466. The van der Waals surface area contributed by atoms with Crippen LogP contribution in [0.15, 0.2) is 0 Å². The lowest BCUT2D eigenvalue weighted by Crippen LogP contribution is -2.43. The predicted molar refractivity (Wildman–Crippen MR) is 60.9 cm³/mol. The summed E-state index contributed by atoms with van der Waals surface area (Å²) in [6.45, 7) is 10.7. The average Bonchev–Trinajstić information content (AvgIpc) is 2.57. The lowest BCUT2D eigenvalue weighted by Gasteiger charge is -2.28. The average molecular weight is 213 g/mol. The molecule has 2 N–H and O–H groups in total. The van der Waals surface area contributed by atoms with E-state index < -0.39 is 0 Å². The van der Waals surface area contributed by atoms with Crippen LogP contribution in [0.2, 0.25) is 0 Å². The van der Waals surface area contributed by atoms with Gasteiger partial charge in [0.15, 0.2) is 0 Å². The van der Waals surface area contributed by atoms with Crippen LogP contribution < -0.4 is 5.73 Å². The first-order valence-corrected chi connectivity index (χ1v) is 5.97. The number of hydrogen-bond donors (Lipinski definition) is 1. The monoisotopic (exact) mass is 213 g/mol. The molecule has 0 saturated carbocycles. The first-order chi connectivity index (χ1) is 7.16. The molecule has 2 rings (SSSR count). The lowest BCUT2D eigenvalue weighted by atomic mass is 10.0. The van der Waals surface area contributed by atoms with Crippen LogP contribution in [0.3, 0.4) is 0 Å². The maximum absolute atomic E-state index is 6.10. The van der Waals surface area contributed by atoms with E-state index in [0.29, 0.717) is 0 Å². The van der Waals surface area contributed by atoms with Crippen LogP contribution in [0.25, 0.3) is 0 Å². The highest BCUT2D eigenvalue weighted by Crippen LogP contribution is 2.17. The van der Waals surface area contributed by atoms with Gasteiger partial charge in [-0.1, -0.05) is 0 Å². The molecule has 0 aromatic rings. The zero-order valence-corrected chi connectivity index (χ0v) is 9.74. The second-order valence-electron chi connectivity index (χ2n) is 5.13. The Morgan fingerprint density at radius 3 is 2.40 bits per heavy atom. The molecule has 0 aromatic heterocycles. The Labute approximate surface area is 92.4 Å². The third-order valence-corrected chi connectivity index (χ3v) is 3.42. The molecule has 2 heterocycles. The fourth-order valence-electron chi connectivity index (χ4n) is 2.38. The molecule has 2 saturated heterocycles. The molecule has 15 heavy (non-hydrogen) atoms. The van der Waals surface area contributed by atoms with Gasteiger partial charge in [0.1, 0.15) is 0 Å². The van der Waals surface area contributed by atoms with Gasteiger partial charge in [0.05, 0.1) is 13.2 Å². The van der Waals surface area contributed by atoms with Crippen LogP contribution in [-0.4, -0.2) is 67.8 Å². The standard InChI is InChI=1S/C11H23N3O/c1-11(12)2-3-14(10-11)5-4-13-6-8-15-9-7-13/h2-10,12H2,1H3. The first kappa shape index (κ1) is 11.3. The van der Waals surface area contributed by atoms with Crippen LogP contribution in [0.5, 0.6) is 0 Å². The first-order valence-electron chi connectivity index (χ1n) is 5.97. The molecule has 0 aliphatic carbocycles. The summed E-state index contributed by atoms with van der Waals surface area (Å²) in [6, 6.07) is 0. The minimum Gasteiger partial charge on any atom is -0.379 e. The van der Waals surface area contributed by atoms with E-state index in [1.54, 1.807) is 0 Å². The molecule has 2 aliphatic heterocycles. The van der Waals surface area contributed by atoms with Crippen molar-refractivity contribution >= 4 is 0 Å². The molecule has 0 bridgehead atoms. The summed E-state index contributed by atoms with van der Waals surface area (Å²) >= 11 is 0. The van der Waals surface area contributed by atoms with Crippen molar-refractivity contribution in [3.8, 4) is 0 Å². The molecular weight excluding hydrogens is 190 g/mol. The zero-order chi connectivity index (χ0) is 10.7. The summed E-state index contributed by atoms with van der Waals surface area (Å²) < 4.78 is 5.33. The van der Waals surface area contributed by atoms with Gasteiger partial charge in [0, 0.05) is 44.8 Å². The Bertz CT molecular complexity index is 202. The van der Waals surface area contributed by atoms with Crippen molar-refractivity contribution < 1.29 is 4.74 Å². The van der Waals surface area contributed by atoms with Gasteiger partial charge in [-0.2, -0.15) is 0 Å². The Balaban J connectivity index is 1.65. The van der Waals surface area contributed by atoms with Crippen molar-refractivity contribution in [2.24, 2.45) is 5.73 Å². The fraction of sp³-hybridized carbons (Fsp3) is 1.00. The molecule has 0 radical (unpaired) electrons. The van der Waals surface area contributed by atoms with Crippen molar-refractivity contribution in [2.75, 3.05) is 52.5 Å². The Morgan fingerprint density at radius 2 is 1.80 bits per heavy atom. The number of nitrogens with zero attached hydrogens (tertiary/aromatic N) is 2. The quantitative estimate of drug-likeness (QED) is 0.701. The van der Waals surface area contributed by atoms with Gasteiger partial charge in [-0.3, -0.25) is 4.90 Å². The van der Waals surface area contributed by atoms with Crippen molar-refractivity contribution in [1.29, 1.82) is 0 Å². The molecule has 2 aliphatic rings. The molecule has 0 aromatic carbocycles. The molecular formula is C11H23N3O. The number of hydrogen-bond acceptors (Lipinski definition) is 4. The highest BCUT2D eigenvalue weighted by Gasteiger charge is 2.29. The van der Waals surface area contributed by atoms with Crippen LogP contribution in [0.4, 0.5) is 0 Å². The number of likely N-dealkylation sites (tertiary alicyclic amines) is 1. The summed E-state index contributed by atoms with van der Waals surface area (Å²) in [4.78, 5) is 4.96. The van der Waals surface area contributed by atoms with Gasteiger partial charge in [-0.25, -0.2) is 0 Å². The summed E-state index contributed by atoms with van der Waals surface area (Å²) in [5.41, 5.74) is 6.15. The second-order valence-corrected chi connectivity index (χ2v) is 5.13. The van der Waals surface area contributed by atoms with Gasteiger partial charge in [0.2, 0.25) is 0 Å². The van der Waals surface area contributed by atoms with Crippen LogP contribution in [-0.2, 0) is 4.74 Å². The summed E-state index contributed by atoms with van der Waals surface area (Å²) in [6.07, 6.45) is 1.14. The maximum atomic E-state index is 6.10. The largest absolute Gasteiger partial charge is 0.379 e. The number of rotatable bonds is 3. The van der Waals surface area contributed by atoms with E-state index in [1.165, 1.54) is 6.54 Å². The molecule has 4 heteroatoms. The summed E-state index contributed by atoms with van der Waals surface area (Å²) in [5.74, 6) is 0. The van der Waals surface area contributed by atoms with Gasteiger partial charge < -0.3 is 15.4 Å². The summed E-state index contributed by atoms with van der Waals surface area (Å²) in [5, 5.41) is 0. The Hall–Kier alpha value is -0.160. The Morgan fingerprint density at radius 1 is 1.13 bits per heavy atom. The van der Waals surface area contributed by atoms with Crippen molar-refractivity contribution in [3.05, 3.63) is 0 Å². The van der Waals surface area contributed by atoms with E-state index in [1.807, 2.05) is 0 Å². The zero-order valence-electron chi connectivity index (χ0n) is 9.74. The Kier molecular flexibility index (Phi) is 3.61. The van der Waals surface area contributed by atoms with Crippen LogP contribution >= 0.6 is 0 Å². The third kappa shape index (κ3) is 3.41. The molecule has 1 unspecified atom stereocenters. The van der Waals surface area contributed by atoms with Gasteiger partial charge >= 0.3 is 0 Å². The highest BCUT2D eigenvalue weighted by atomic mass is 16.5. The van der Waals surface area contributed by atoms with Gasteiger partial charge in [-0.05, 0) is 13.3 Å². The number of morpholine rings is 1. The van der Waals surface area contributed by atoms with E-state index in [-0.39, 0.29) is 5.54 Å². The summed E-state index contributed by atoms with van der Waals surface area (Å²) in [7, 11) is 0. The minimum atomic E-state index is 0.0466. The topological polar surface area (TPSA) is 41.7 Å². The fourth-order valence-corrected chi connectivity index (χ4v) is 2.38. The van der Waals surface area contributed by atoms with Gasteiger partial charge in [0.25, 0.3) is 0 Å². The van der Waals surface area contributed by atoms with Crippen LogP contribution in [0.1, 0.15) is 13.3 Å². The van der Waals surface area contributed by atoms with Crippen LogP contribution in [0, 0.1) is 0 Å². The molecule has 0 amide bonds. The normalized spacial score (nSPS) is 34.8. The molecule has 2 fully saturated rings. The van der Waals surface area contributed by atoms with E-state index in [2.05, 4.69) is 16.7 Å². The van der Waals surface area contributed by atoms with Crippen molar-refractivity contribution in [3.63, 3.8) is 0 Å². The van der Waals surface area contributed by atoms with E-state index in [4.69, 9.17) is 10.5 Å². The SMILES string of the molecule is CC1(N)CCN(CCN2CCOCC2)C1. The lowest BCUT2D eigenvalue weighted by molar-refractivity contribution is 0.0342. The molecule has 1 atom stereocenters. The third-order valence-electron chi connectivity index (χ3n) is 3.42. The van der Waals surface area contributed by atoms with Gasteiger partial charge in [-0.15, -0.1) is 0 Å². The molecule has 88 valence electrons. The predicted octanol–water partition coefficient (Wildman–Crippen LogP) is -0.258. The number of ether oxygens (including phenoxy) is 1.